The van der Waals surface area contributed by atoms with E-state index in [-0.39, 0.29) is 23.6 Å². The molecule has 1 aromatic carbocycles. The Hall–Kier alpha value is -1.59. The van der Waals surface area contributed by atoms with E-state index in [2.05, 4.69) is 18.7 Å². The smallest absolute Gasteiger partial charge is 0.338 e. The second-order valence-corrected chi connectivity index (χ2v) is 8.47. The summed E-state index contributed by atoms with van der Waals surface area (Å²) in [6, 6.07) is 7.18. The third-order valence-corrected chi connectivity index (χ3v) is 4.44. The summed E-state index contributed by atoms with van der Waals surface area (Å²) in [5.41, 5.74) is 0.275. The van der Waals surface area contributed by atoms with Crippen molar-refractivity contribution in [1.82, 2.24) is 4.90 Å². The lowest BCUT2D eigenvalue weighted by molar-refractivity contribution is -0.135. The molecule has 2 rings (SSSR count). The molecule has 1 aromatic rings. The zero-order valence-corrected chi connectivity index (χ0v) is 17.0. The first-order valence-corrected chi connectivity index (χ1v) is 9.39. The van der Waals surface area contributed by atoms with Crippen LogP contribution in [0, 0.1) is 11.8 Å². The second kappa shape index (κ2) is 8.87. The van der Waals surface area contributed by atoms with Gasteiger partial charge in [-0.3, -0.25) is 0 Å². The third-order valence-electron chi connectivity index (χ3n) is 4.44. The molecule has 5 nitrogen and oxygen atoms in total. The maximum absolute atomic E-state index is 12.6. The molecular formula is C21H33NO4. The van der Waals surface area contributed by atoms with Crippen molar-refractivity contribution in [2.24, 2.45) is 11.8 Å². The first-order valence-electron chi connectivity index (χ1n) is 9.39. The number of benzene rings is 1. The van der Waals surface area contributed by atoms with Gasteiger partial charge in [-0.1, -0.05) is 13.8 Å². The van der Waals surface area contributed by atoms with Gasteiger partial charge in [-0.25, -0.2) is 4.79 Å². The number of rotatable bonds is 7. The zero-order valence-electron chi connectivity index (χ0n) is 17.0. The standard InChI is InChI=1S/C21H33NO4/c1-15(2)13-24-18-9-7-16(8-10-18)20(23)26-19-11-21(3,4)25-14-17(19)12-22(5)6/h7-10,15,17,19H,11-14H2,1-6H3/t17-,19+/m1/s1. The van der Waals surface area contributed by atoms with Crippen LogP contribution in [0.25, 0.3) is 0 Å². The fraction of sp³-hybridized carbons (Fsp3) is 0.667. The van der Waals surface area contributed by atoms with E-state index in [0.29, 0.717) is 31.1 Å². The summed E-state index contributed by atoms with van der Waals surface area (Å²) in [4.78, 5) is 14.7. The molecule has 0 aromatic heterocycles. The second-order valence-electron chi connectivity index (χ2n) is 8.47. The van der Waals surface area contributed by atoms with Gasteiger partial charge in [-0.15, -0.1) is 0 Å². The molecule has 0 N–H and O–H groups in total. The van der Waals surface area contributed by atoms with Gasteiger partial charge in [0, 0.05) is 18.9 Å². The number of ether oxygens (including phenoxy) is 3. The van der Waals surface area contributed by atoms with Gasteiger partial charge in [0.1, 0.15) is 11.9 Å². The van der Waals surface area contributed by atoms with E-state index in [1.165, 1.54) is 0 Å². The van der Waals surface area contributed by atoms with Crippen LogP contribution >= 0.6 is 0 Å². The Morgan fingerprint density at radius 3 is 2.50 bits per heavy atom. The van der Waals surface area contributed by atoms with Crippen LogP contribution < -0.4 is 4.74 Å². The Morgan fingerprint density at radius 1 is 1.27 bits per heavy atom. The van der Waals surface area contributed by atoms with Crippen molar-refractivity contribution in [3.8, 4) is 5.75 Å². The molecule has 0 radical (unpaired) electrons. The van der Waals surface area contributed by atoms with Gasteiger partial charge in [0.15, 0.2) is 0 Å². The Morgan fingerprint density at radius 2 is 1.92 bits per heavy atom. The first kappa shape index (κ1) is 20.7. The summed E-state index contributed by atoms with van der Waals surface area (Å²) >= 11 is 0. The van der Waals surface area contributed by atoms with Crippen LogP contribution in [0.4, 0.5) is 0 Å². The number of carbonyl (C=O) groups excluding carboxylic acids is 1. The number of esters is 1. The van der Waals surface area contributed by atoms with Gasteiger partial charge in [-0.2, -0.15) is 0 Å². The Labute approximate surface area is 157 Å². The highest BCUT2D eigenvalue weighted by Crippen LogP contribution is 2.31. The number of carbonyl (C=O) groups is 1. The minimum atomic E-state index is -0.285. The van der Waals surface area contributed by atoms with Crippen molar-refractivity contribution in [3.05, 3.63) is 29.8 Å². The van der Waals surface area contributed by atoms with Crippen molar-refractivity contribution < 1.29 is 19.0 Å². The normalized spacial score (nSPS) is 22.5. The zero-order chi connectivity index (χ0) is 19.3. The molecule has 26 heavy (non-hydrogen) atoms. The summed E-state index contributed by atoms with van der Waals surface area (Å²) in [5, 5.41) is 0. The lowest BCUT2D eigenvalue weighted by Gasteiger charge is -2.41. The van der Waals surface area contributed by atoms with Gasteiger partial charge in [-0.05, 0) is 58.1 Å². The van der Waals surface area contributed by atoms with Gasteiger partial charge in [0.2, 0.25) is 0 Å². The summed E-state index contributed by atoms with van der Waals surface area (Å²) < 4.78 is 17.5. The molecule has 0 unspecified atom stereocenters. The third kappa shape index (κ3) is 6.29. The first-order chi connectivity index (χ1) is 12.2. The number of hydrogen-bond donors (Lipinski definition) is 0. The molecule has 0 saturated carbocycles. The van der Waals surface area contributed by atoms with Crippen LogP contribution in [0.5, 0.6) is 5.75 Å². The average Bonchev–Trinajstić information content (AvgIpc) is 2.55. The van der Waals surface area contributed by atoms with Gasteiger partial charge in [0.05, 0.1) is 24.4 Å². The summed E-state index contributed by atoms with van der Waals surface area (Å²) in [7, 11) is 4.04. The maximum atomic E-state index is 12.6. The van der Waals surface area contributed by atoms with E-state index >= 15 is 0 Å². The minimum Gasteiger partial charge on any atom is -0.493 e. The fourth-order valence-corrected chi connectivity index (χ4v) is 3.08. The quantitative estimate of drug-likeness (QED) is 0.693. The van der Waals surface area contributed by atoms with Crippen molar-refractivity contribution in [2.75, 3.05) is 33.9 Å². The van der Waals surface area contributed by atoms with E-state index < -0.39 is 0 Å². The molecule has 0 spiro atoms. The lowest BCUT2D eigenvalue weighted by Crippen LogP contribution is -2.48. The predicted octanol–water partition coefficient (Wildman–Crippen LogP) is 3.62. The molecule has 1 saturated heterocycles. The van der Waals surface area contributed by atoms with Crippen molar-refractivity contribution in [2.45, 2.75) is 45.8 Å². The van der Waals surface area contributed by atoms with Crippen molar-refractivity contribution >= 4 is 5.97 Å². The highest BCUT2D eigenvalue weighted by Gasteiger charge is 2.38. The molecule has 1 fully saturated rings. The van der Waals surface area contributed by atoms with Gasteiger partial charge < -0.3 is 19.1 Å². The molecule has 2 atom stereocenters. The SMILES string of the molecule is CC(C)COc1ccc(C(=O)O[C@H]2CC(C)(C)OC[C@H]2CN(C)C)cc1. The molecule has 5 heteroatoms. The molecule has 0 aliphatic carbocycles. The van der Waals surface area contributed by atoms with Crippen LogP contribution in [0.3, 0.4) is 0 Å². The Kier molecular flexibility index (Phi) is 7.07. The van der Waals surface area contributed by atoms with Crippen LogP contribution in [0.15, 0.2) is 24.3 Å². The summed E-state index contributed by atoms with van der Waals surface area (Å²) in [6.45, 7) is 10.4. The van der Waals surface area contributed by atoms with Crippen molar-refractivity contribution in [1.29, 1.82) is 0 Å². The molecule has 146 valence electrons. The van der Waals surface area contributed by atoms with Crippen LogP contribution in [-0.4, -0.2) is 56.4 Å². The highest BCUT2D eigenvalue weighted by atomic mass is 16.6. The van der Waals surface area contributed by atoms with E-state index in [1.807, 2.05) is 40.1 Å². The Bertz CT molecular complexity index is 580. The van der Waals surface area contributed by atoms with Crippen LogP contribution in [0.2, 0.25) is 0 Å². The predicted molar refractivity (Wildman–Crippen MR) is 103 cm³/mol. The van der Waals surface area contributed by atoms with Gasteiger partial charge in [0.25, 0.3) is 0 Å². The summed E-state index contributed by atoms with van der Waals surface area (Å²) in [6.07, 6.45) is 0.554. The molecule has 1 aliphatic heterocycles. The van der Waals surface area contributed by atoms with Crippen LogP contribution in [-0.2, 0) is 9.47 Å². The topological polar surface area (TPSA) is 48.0 Å². The van der Waals surface area contributed by atoms with Crippen LogP contribution in [0.1, 0.15) is 44.5 Å². The molecule has 0 bridgehead atoms. The van der Waals surface area contributed by atoms with E-state index in [1.54, 1.807) is 12.1 Å². The molecule has 0 amide bonds. The largest absolute Gasteiger partial charge is 0.493 e. The Balaban J connectivity index is 2.01. The lowest BCUT2D eigenvalue weighted by atomic mass is 9.88. The minimum absolute atomic E-state index is 0.148. The van der Waals surface area contributed by atoms with E-state index in [0.717, 1.165) is 12.3 Å². The average molecular weight is 363 g/mol. The number of nitrogens with zero attached hydrogens (tertiary/aromatic N) is 1. The molecule has 1 heterocycles. The molecule has 1 aliphatic rings. The number of hydrogen-bond acceptors (Lipinski definition) is 5. The van der Waals surface area contributed by atoms with E-state index in [4.69, 9.17) is 14.2 Å². The van der Waals surface area contributed by atoms with Gasteiger partial charge >= 0.3 is 5.97 Å². The van der Waals surface area contributed by atoms with E-state index in [9.17, 15) is 4.79 Å². The summed E-state index contributed by atoms with van der Waals surface area (Å²) in [5.74, 6) is 1.13. The van der Waals surface area contributed by atoms with Crippen molar-refractivity contribution in [3.63, 3.8) is 0 Å². The maximum Gasteiger partial charge on any atom is 0.338 e. The monoisotopic (exact) mass is 363 g/mol. The highest BCUT2D eigenvalue weighted by molar-refractivity contribution is 5.89. The molecular weight excluding hydrogens is 330 g/mol. The fourth-order valence-electron chi connectivity index (χ4n) is 3.08.